The summed E-state index contributed by atoms with van der Waals surface area (Å²) < 4.78 is -0.303. The van der Waals surface area contributed by atoms with Crippen molar-refractivity contribution in [2.75, 3.05) is 12.3 Å². The topological polar surface area (TPSA) is 66.4 Å². The Hall–Kier alpha value is -0.710. The first-order valence-corrected chi connectivity index (χ1v) is 6.56. The normalized spacial score (nSPS) is 26.4. The molecule has 1 fully saturated rings. The summed E-state index contributed by atoms with van der Waals surface area (Å²) in [5.41, 5.74) is 0. The van der Waals surface area contributed by atoms with Crippen LogP contribution in [0.15, 0.2) is 0 Å². The van der Waals surface area contributed by atoms with Gasteiger partial charge in [0.1, 0.15) is 0 Å². The second-order valence-corrected chi connectivity index (χ2v) is 6.19. The fourth-order valence-corrected chi connectivity index (χ4v) is 3.01. The van der Waals surface area contributed by atoms with E-state index in [4.69, 9.17) is 5.11 Å². The van der Waals surface area contributed by atoms with E-state index in [1.54, 1.807) is 11.8 Å². The summed E-state index contributed by atoms with van der Waals surface area (Å²) in [5, 5.41) is 11.4. The van der Waals surface area contributed by atoms with Gasteiger partial charge >= 0.3 is 5.97 Å². The van der Waals surface area contributed by atoms with Crippen LogP contribution in [0.25, 0.3) is 0 Å². The van der Waals surface area contributed by atoms with Crippen molar-refractivity contribution in [2.24, 2.45) is 5.92 Å². The van der Waals surface area contributed by atoms with Crippen LogP contribution in [0, 0.1) is 5.92 Å². The van der Waals surface area contributed by atoms with E-state index >= 15 is 0 Å². The monoisotopic (exact) mass is 245 g/mol. The van der Waals surface area contributed by atoms with Gasteiger partial charge in [0, 0.05) is 13.0 Å². The van der Waals surface area contributed by atoms with E-state index in [2.05, 4.69) is 5.32 Å². The van der Waals surface area contributed by atoms with Crippen LogP contribution in [-0.4, -0.2) is 34.0 Å². The Morgan fingerprint density at radius 3 is 2.75 bits per heavy atom. The predicted molar refractivity (Wildman–Crippen MR) is 64.5 cm³/mol. The summed E-state index contributed by atoms with van der Waals surface area (Å²) in [5.74, 6) is 0.251. The molecule has 16 heavy (non-hydrogen) atoms. The highest BCUT2D eigenvalue weighted by molar-refractivity contribution is 8.01. The average molecular weight is 245 g/mol. The lowest BCUT2D eigenvalue weighted by atomic mass is 10.0. The molecule has 0 aliphatic carbocycles. The van der Waals surface area contributed by atoms with Crippen LogP contribution in [0.2, 0.25) is 0 Å². The van der Waals surface area contributed by atoms with Crippen LogP contribution in [-0.2, 0) is 9.59 Å². The summed E-state index contributed by atoms with van der Waals surface area (Å²) in [6.45, 7) is 4.24. The molecule has 1 rings (SSSR count). The second-order valence-electron chi connectivity index (χ2n) is 4.60. The van der Waals surface area contributed by atoms with Crippen molar-refractivity contribution >= 4 is 23.6 Å². The van der Waals surface area contributed by atoms with Crippen LogP contribution < -0.4 is 5.32 Å². The highest BCUT2D eigenvalue weighted by Crippen LogP contribution is 2.37. The van der Waals surface area contributed by atoms with E-state index in [0.717, 1.165) is 18.6 Å². The highest BCUT2D eigenvalue weighted by atomic mass is 32.2. The molecular weight excluding hydrogens is 226 g/mol. The maximum atomic E-state index is 11.9. The van der Waals surface area contributed by atoms with Crippen molar-refractivity contribution in [1.82, 2.24) is 5.32 Å². The van der Waals surface area contributed by atoms with E-state index in [0.29, 0.717) is 6.54 Å². The molecule has 4 nitrogen and oxygen atoms in total. The molecule has 1 aliphatic rings. The molecule has 2 N–H and O–H groups in total. The fourth-order valence-electron chi connectivity index (χ4n) is 1.78. The standard InChI is InChI=1S/C11H19NO3S/c1-8(6-9(13)14)7-12-10(15)11(2)4-3-5-16-11/h8H,3-7H2,1-2H3,(H,12,15)(H,13,14). The molecule has 0 aromatic heterocycles. The van der Waals surface area contributed by atoms with E-state index in [1.807, 2.05) is 13.8 Å². The third-order valence-corrected chi connectivity index (χ3v) is 4.35. The highest BCUT2D eigenvalue weighted by Gasteiger charge is 2.36. The van der Waals surface area contributed by atoms with Gasteiger partial charge in [-0.3, -0.25) is 9.59 Å². The van der Waals surface area contributed by atoms with Gasteiger partial charge in [0.25, 0.3) is 0 Å². The van der Waals surface area contributed by atoms with Gasteiger partial charge in [-0.1, -0.05) is 6.92 Å². The number of amides is 1. The summed E-state index contributed by atoms with van der Waals surface area (Å²) in [6, 6.07) is 0. The Balaban J connectivity index is 2.32. The first-order valence-electron chi connectivity index (χ1n) is 5.58. The molecule has 0 bridgehead atoms. The Morgan fingerprint density at radius 2 is 2.25 bits per heavy atom. The molecule has 1 amide bonds. The number of hydrogen-bond donors (Lipinski definition) is 2. The number of thioether (sulfide) groups is 1. The molecule has 0 radical (unpaired) electrons. The lowest BCUT2D eigenvalue weighted by molar-refractivity contribution is -0.138. The summed E-state index contributed by atoms with van der Waals surface area (Å²) in [4.78, 5) is 22.3. The molecule has 0 saturated carbocycles. The smallest absolute Gasteiger partial charge is 0.303 e. The second kappa shape index (κ2) is 5.57. The molecule has 1 aliphatic heterocycles. The maximum Gasteiger partial charge on any atom is 0.303 e. The van der Waals surface area contributed by atoms with Crippen molar-refractivity contribution < 1.29 is 14.7 Å². The van der Waals surface area contributed by atoms with Gasteiger partial charge in [-0.15, -0.1) is 11.8 Å². The number of carboxylic acids is 1. The van der Waals surface area contributed by atoms with Crippen LogP contribution in [0.4, 0.5) is 0 Å². The number of carbonyl (C=O) groups is 2. The maximum absolute atomic E-state index is 11.9. The lowest BCUT2D eigenvalue weighted by Crippen LogP contribution is -2.42. The van der Waals surface area contributed by atoms with Gasteiger partial charge in [0.15, 0.2) is 0 Å². The summed E-state index contributed by atoms with van der Waals surface area (Å²) in [6.07, 6.45) is 2.10. The van der Waals surface area contributed by atoms with E-state index in [-0.39, 0.29) is 23.0 Å². The molecule has 0 aromatic carbocycles. The van der Waals surface area contributed by atoms with Crippen molar-refractivity contribution in [3.63, 3.8) is 0 Å². The lowest BCUT2D eigenvalue weighted by Gasteiger charge is -2.22. The molecule has 5 heteroatoms. The van der Waals surface area contributed by atoms with Gasteiger partial charge in [-0.05, 0) is 31.4 Å². The minimum atomic E-state index is -0.816. The molecule has 2 atom stereocenters. The molecule has 1 heterocycles. The van der Waals surface area contributed by atoms with Gasteiger partial charge in [-0.2, -0.15) is 0 Å². The molecular formula is C11H19NO3S. The largest absolute Gasteiger partial charge is 0.481 e. The number of carboxylic acid groups (broad SMARTS) is 1. The number of carbonyl (C=O) groups excluding carboxylic acids is 1. The summed E-state index contributed by atoms with van der Waals surface area (Å²) >= 11 is 1.69. The van der Waals surface area contributed by atoms with Crippen LogP contribution in [0.5, 0.6) is 0 Å². The molecule has 2 unspecified atom stereocenters. The van der Waals surface area contributed by atoms with Crippen molar-refractivity contribution in [3.05, 3.63) is 0 Å². The minimum Gasteiger partial charge on any atom is -0.481 e. The van der Waals surface area contributed by atoms with E-state index < -0.39 is 5.97 Å². The molecule has 92 valence electrons. The Kier molecular flexibility index (Phi) is 4.65. The first-order chi connectivity index (χ1) is 7.44. The SMILES string of the molecule is CC(CNC(=O)C1(C)CCCS1)CC(=O)O. The third-order valence-electron chi connectivity index (χ3n) is 2.83. The van der Waals surface area contributed by atoms with Gasteiger partial charge in [0.2, 0.25) is 5.91 Å². The summed E-state index contributed by atoms with van der Waals surface area (Å²) in [7, 11) is 0. The van der Waals surface area contributed by atoms with Gasteiger partial charge in [0.05, 0.1) is 4.75 Å². The van der Waals surface area contributed by atoms with Crippen molar-refractivity contribution in [3.8, 4) is 0 Å². The number of nitrogens with one attached hydrogen (secondary N) is 1. The molecule has 0 aromatic rings. The van der Waals surface area contributed by atoms with Crippen LogP contribution >= 0.6 is 11.8 Å². The predicted octanol–water partition coefficient (Wildman–Crippen LogP) is 1.50. The first kappa shape index (κ1) is 13.4. The molecule has 0 spiro atoms. The van der Waals surface area contributed by atoms with E-state index in [1.165, 1.54) is 0 Å². The Morgan fingerprint density at radius 1 is 1.56 bits per heavy atom. The quantitative estimate of drug-likeness (QED) is 0.770. The zero-order chi connectivity index (χ0) is 12.2. The Bertz CT molecular complexity index is 274. The average Bonchev–Trinajstić information content (AvgIpc) is 2.62. The van der Waals surface area contributed by atoms with Crippen molar-refractivity contribution in [2.45, 2.75) is 37.9 Å². The van der Waals surface area contributed by atoms with Crippen LogP contribution in [0.1, 0.15) is 33.1 Å². The third kappa shape index (κ3) is 3.70. The minimum absolute atomic E-state index is 0.0172. The number of rotatable bonds is 5. The fraction of sp³-hybridized carbons (Fsp3) is 0.818. The van der Waals surface area contributed by atoms with E-state index in [9.17, 15) is 9.59 Å². The van der Waals surface area contributed by atoms with Crippen molar-refractivity contribution in [1.29, 1.82) is 0 Å². The number of aliphatic carboxylic acids is 1. The Labute approximate surface area is 100 Å². The zero-order valence-corrected chi connectivity index (χ0v) is 10.6. The van der Waals surface area contributed by atoms with Gasteiger partial charge in [-0.25, -0.2) is 0 Å². The van der Waals surface area contributed by atoms with Gasteiger partial charge < -0.3 is 10.4 Å². The number of hydrogen-bond acceptors (Lipinski definition) is 3. The zero-order valence-electron chi connectivity index (χ0n) is 9.78. The van der Waals surface area contributed by atoms with Crippen LogP contribution in [0.3, 0.4) is 0 Å². The molecule has 1 saturated heterocycles.